The zero-order valence-electron chi connectivity index (χ0n) is 49.4. The molecule has 0 amide bonds. The fourth-order valence-electron chi connectivity index (χ4n) is 8.15. The van der Waals surface area contributed by atoms with Crippen LogP contribution in [0, 0.1) is 0 Å². The number of allylic oxidation sites excluding steroid dienone is 18. The summed E-state index contributed by atoms with van der Waals surface area (Å²) in [5.41, 5.74) is 0. The molecule has 9 nitrogen and oxygen atoms in total. The minimum absolute atomic E-state index is 0.0378. The number of phosphoric ester groups is 1. The quantitative estimate of drug-likeness (QED) is 0.0195. The van der Waals surface area contributed by atoms with Gasteiger partial charge in [-0.15, -0.1) is 0 Å². The molecule has 0 aromatic carbocycles. The van der Waals surface area contributed by atoms with Crippen molar-refractivity contribution in [3.05, 3.63) is 109 Å². The molecule has 2 atom stereocenters. The first-order chi connectivity index (χ1) is 37.0. The van der Waals surface area contributed by atoms with Crippen LogP contribution in [-0.2, 0) is 32.7 Å². The van der Waals surface area contributed by atoms with Gasteiger partial charge in [0, 0.05) is 12.8 Å². The van der Waals surface area contributed by atoms with Crippen molar-refractivity contribution < 1.29 is 42.1 Å². The molecule has 0 radical (unpaired) electrons. The topological polar surface area (TPSA) is 111 Å². The van der Waals surface area contributed by atoms with Crippen LogP contribution in [0.5, 0.6) is 0 Å². The predicted molar refractivity (Wildman–Crippen MR) is 323 cm³/mol. The van der Waals surface area contributed by atoms with Gasteiger partial charge in [-0.05, 0) is 96.3 Å². The van der Waals surface area contributed by atoms with E-state index < -0.39 is 26.5 Å². The smallest absolute Gasteiger partial charge is 0.306 e. The Morgan fingerprint density at radius 3 is 1.05 bits per heavy atom. The molecule has 0 fully saturated rings. The highest BCUT2D eigenvalue weighted by Gasteiger charge is 2.22. The fourth-order valence-corrected chi connectivity index (χ4v) is 8.87. The zero-order chi connectivity index (χ0) is 55.6. The molecule has 0 bridgehead atoms. The summed E-state index contributed by atoms with van der Waals surface area (Å²) >= 11 is 0. The summed E-state index contributed by atoms with van der Waals surface area (Å²) in [5.74, 6) is -0.847. The molecule has 76 heavy (non-hydrogen) atoms. The van der Waals surface area contributed by atoms with E-state index in [1.54, 1.807) is 0 Å². The van der Waals surface area contributed by atoms with Crippen molar-refractivity contribution in [3.63, 3.8) is 0 Å². The number of unbranched alkanes of at least 4 members (excludes halogenated alkanes) is 23. The Labute approximate surface area is 467 Å². The summed E-state index contributed by atoms with van der Waals surface area (Å²) in [4.78, 5) is 37.9. The van der Waals surface area contributed by atoms with Gasteiger partial charge >= 0.3 is 11.9 Å². The molecule has 0 saturated heterocycles. The molecule has 0 heterocycles. The van der Waals surface area contributed by atoms with Gasteiger partial charge in [-0.3, -0.25) is 14.2 Å². The molecule has 0 aliphatic heterocycles. The third-order valence-electron chi connectivity index (χ3n) is 12.8. The minimum atomic E-state index is -4.65. The highest BCUT2D eigenvalue weighted by molar-refractivity contribution is 7.45. The number of quaternary nitrogens is 1. The van der Waals surface area contributed by atoms with Crippen molar-refractivity contribution in [3.8, 4) is 0 Å². The van der Waals surface area contributed by atoms with Crippen LogP contribution >= 0.6 is 7.82 Å². The fraction of sp³-hybridized carbons (Fsp3) is 0.697. The van der Waals surface area contributed by atoms with Gasteiger partial charge in [-0.2, -0.15) is 0 Å². The molecule has 436 valence electrons. The Morgan fingerprint density at radius 1 is 0.408 bits per heavy atom. The molecule has 0 saturated carbocycles. The first-order valence-electron chi connectivity index (χ1n) is 30.6. The number of esters is 2. The molecule has 0 aromatic heterocycles. The van der Waals surface area contributed by atoms with E-state index in [1.165, 1.54) is 109 Å². The van der Waals surface area contributed by atoms with Crippen molar-refractivity contribution in [2.75, 3.05) is 47.5 Å². The van der Waals surface area contributed by atoms with Crippen LogP contribution in [-0.4, -0.2) is 70.0 Å². The maximum absolute atomic E-state index is 12.8. The highest BCUT2D eigenvalue weighted by Crippen LogP contribution is 2.38. The van der Waals surface area contributed by atoms with E-state index in [0.29, 0.717) is 17.4 Å². The summed E-state index contributed by atoms with van der Waals surface area (Å²) in [5, 5.41) is 0. The number of likely N-dealkylation sites (N-methyl/N-ethyl adjacent to an activating group) is 1. The van der Waals surface area contributed by atoms with Gasteiger partial charge < -0.3 is 27.9 Å². The lowest BCUT2D eigenvalue weighted by Gasteiger charge is -2.28. The van der Waals surface area contributed by atoms with E-state index in [9.17, 15) is 19.0 Å². The number of nitrogens with zero attached hydrogens (tertiary/aromatic N) is 1. The van der Waals surface area contributed by atoms with E-state index in [1.807, 2.05) is 21.1 Å². The van der Waals surface area contributed by atoms with Crippen LogP contribution in [0.2, 0.25) is 0 Å². The van der Waals surface area contributed by atoms with Crippen LogP contribution in [0.4, 0.5) is 0 Å². The summed E-state index contributed by atoms with van der Waals surface area (Å²) < 4.78 is 34.2. The standard InChI is InChI=1S/C66H114NO8P/c1-6-8-10-12-14-16-18-20-22-24-26-28-30-31-32-33-34-35-37-38-40-42-44-46-48-50-52-54-56-58-65(68)72-62-64(63-74-76(70,71)73-61-60-67(3,4)5)75-66(69)59-57-55-53-51-49-47-45-43-41-39-36-29-27-25-23-21-19-17-15-13-11-9-7-2/h8-11,14-17,20-23,26-29,39,41,64H,6-7,12-13,18-19,24-25,30-38,40,42-63H2,1-5H3/b10-8-,11-9-,16-14-,17-15-,22-20-,23-21-,28-26-,29-27-,41-39-. The van der Waals surface area contributed by atoms with Crippen LogP contribution < -0.4 is 4.89 Å². The number of phosphoric acid groups is 1. The summed E-state index contributed by atoms with van der Waals surface area (Å²) in [6.45, 7) is 4.01. The van der Waals surface area contributed by atoms with E-state index >= 15 is 0 Å². The Balaban J connectivity index is 4.14. The number of hydrogen-bond acceptors (Lipinski definition) is 8. The number of rotatable bonds is 55. The number of carbonyl (C=O) groups is 2. The number of hydrogen-bond donors (Lipinski definition) is 0. The third kappa shape index (κ3) is 59.9. The van der Waals surface area contributed by atoms with Crippen molar-refractivity contribution in [1.82, 2.24) is 0 Å². The van der Waals surface area contributed by atoms with Gasteiger partial charge in [-0.25, -0.2) is 0 Å². The largest absolute Gasteiger partial charge is 0.756 e. The monoisotopic (exact) mass is 1080 g/mol. The Kier molecular flexibility index (Phi) is 53.9. The Hall–Kier alpha value is -3.33. The van der Waals surface area contributed by atoms with E-state index in [0.717, 1.165) is 103 Å². The normalized spacial score (nSPS) is 14.0. The molecule has 0 N–H and O–H groups in total. The average molecular weight is 1080 g/mol. The molecule has 0 aliphatic rings. The lowest BCUT2D eigenvalue weighted by molar-refractivity contribution is -0.870. The summed E-state index contributed by atoms with van der Waals surface area (Å²) in [6.07, 6.45) is 78.5. The van der Waals surface area contributed by atoms with Gasteiger partial charge in [0.15, 0.2) is 6.10 Å². The first-order valence-corrected chi connectivity index (χ1v) is 32.1. The second-order valence-corrected chi connectivity index (χ2v) is 22.7. The zero-order valence-corrected chi connectivity index (χ0v) is 50.3. The lowest BCUT2D eigenvalue weighted by Crippen LogP contribution is -2.37. The highest BCUT2D eigenvalue weighted by atomic mass is 31.2. The van der Waals surface area contributed by atoms with Crippen molar-refractivity contribution >= 4 is 19.8 Å². The number of ether oxygens (including phenoxy) is 2. The van der Waals surface area contributed by atoms with Gasteiger partial charge in [0.05, 0.1) is 27.7 Å². The molecular formula is C66H114NO8P. The van der Waals surface area contributed by atoms with Crippen molar-refractivity contribution in [1.29, 1.82) is 0 Å². The maximum atomic E-state index is 12.8. The van der Waals surface area contributed by atoms with Crippen molar-refractivity contribution in [2.24, 2.45) is 0 Å². The molecule has 0 rings (SSSR count). The summed E-state index contributed by atoms with van der Waals surface area (Å²) in [6, 6.07) is 0. The van der Waals surface area contributed by atoms with Crippen LogP contribution in [0.25, 0.3) is 0 Å². The second kappa shape index (κ2) is 56.4. The molecule has 0 aliphatic carbocycles. The van der Waals surface area contributed by atoms with Gasteiger partial charge in [0.25, 0.3) is 7.82 Å². The van der Waals surface area contributed by atoms with E-state index in [2.05, 4.69) is 123 Å². The van der Waals surface area contributed by atoms with Crippen LogP contribution in [0.3, 0.4) is 0 Å². The lowest BCUT2D eigenvalue weighted by atomic mass is 10.0. The Bertz CT molecular complexity index is 1650. The minimum Gasteiger partial charge on any atom is -0.756 e. The van der Waals surface area contributed by atoms with E-state index in [4.69, 9.17) is 18.5 Å². The molecule has 0 aromatic rings. The van der Waals surface area contributed by atoms with E-state index in [-0.39, 0.29) is 32.0 Å². The predicted octanol–water partition coefficient (Wildman–Crippen LogP) is 18.7. The van der Waals surface area contributed by atoms with Crippen molar-refractivity contribution in [2.45, 2.75) is 251 Å². The number of carbonyl (C=O) groups excluding carboxylic acids is 2. The molecular weight excluding hydrogens is 966 g/mol. The Morgan fingerprint density at radius 2 is 0.711 bits per heavy atom. The van der Waals surface area contributed by atoms with Gasteiger partial charge in [0.1, 0.15) is 19.8 Å². The average Bonchev–Trinajstić information content (AvgIpc) is 3.38. The van der Waals surface area contributed by atoms with Gasteiger partial charge in [0.2, 0.25) is 0 Å². The SMILES string of the molecule is CC/C=C\C/C=C\C/C=C\C/C=C\C/C=C\CCCCCCCCCC(=O)OC(COC(=O)CCCCCCCCCCCCCCCCCC/C=C\C/C=C\C/C=C\C/C=C\CC)COP(=O)([O-])OCC[N+](C)(C)C. The molecule has 2 unspecified atom stereocenters. The molecule has 0 spiro atoms. The van der Waals surface area contributed by atoms with Gasteiger partial charge in [-0.1, -0.05) is 245 Å². The third-order valence-corrected chi connectivity index (χ3v) is 13.8. The van der Waals surface area contributed by atoms with Crippen LogP contribution in [0.1, 0.15) is 245 Å². The summed E-state index contributed by atoms with van der Waals surface area (Å²) in [7, 11) is 1.15. The maximum Gasteiger partial charge on any atom is 0.306 e. The second-order valence-electron chi connectivity index (χ2n) is 21.3. The molecule has 10 heteroatoms. The first kappa shape index (κ1) is 72.7. The van der Waals surface area contributed by atoms with Crippen LogP contribution in [0.15, 0.2) is 109 Å².